The molecule has 3 heteroatoms. The largest absolute Gasteiger partial charge is 0.488 e. The summed E-state index contributed by atoms with van der Waals surface area (Å²) < 4.78 is 5.93. The molecule has 0 aliphatic carbocycles. The lowest BCUT2D eigenvalue weighted by molar-refractivity contribution is -0.119. The van der Waals surface area contributed by atoms with Gasteiger partial charge in [0.25, 0.3) is 0 Å². The molecule has 17 heavy (non-hydrogen) atoms. The van der Waals surface area contributed by atoms with Crippen LogP contribution in [0.3, 0.4) is 0 Å². The van der Waals surface area contributed by atoms with Gasteiger partial charge in [-0.15, -0.1) is 0 Å². The molecule has 0 bridgehead atoms. The van der Waals surface area contributed by atoms with E-state index in [1.165, 1.54) is 0 Å². The van der Waals surface area contributed by atoms with Crippen LogP contribution in [0.2, 0.25) is 0 Å². The summed E-state index contributed by atoms with van der Waals surface area (Å²) in [6.07, 6.45) is 0.369. The molecule has 0 saturated carbocycles. The van der Waals surface area contributed by atoms with Gasteiger partial charge in [-0.05, 0) is 24.5 Å². The molecule has 1 aliphatic rings. The van der Waals surface area contributed by atoms with Crippen molar-refractivity contribution in [2.24, 2.45) is 0 Å². The Morgan fingerprint density at radius 2 is 2.12 bits per heavy atom. The number of rotatable bonds is 1. The minimum absolute atomic E-state index is 0.0638. The molecule has 0 radical (unpaired) electrons. The third-order valence-electron chi connectivity index (χ3n) is 3.16. The molecule has 0 aromatic heterocycles. The van der Waals surface area contributed by atoms with Gasteiger partial charge < -0.3 is 9.64 Å². The molecule has 0 saturated heterocycles. The molecule has 1 amide bonds. The highest BCUT2D eigenvalue weighted by Crippen LogP contribution is 2.38. The van der Waals surface area contributed by atoms with E-state index in [4.69, 9.17) is 4.74 Å². The molecule has 1 unspecified atom stereocenters. The van der Waals surface area contributed by atoms with E-state index < -0.39 is 0 Å². The summed E-state index contributed by atoms with van der Waals surface area (Å²) >= 11 is 0. The van der Waals surface area contributed by atoms with Gasteiger partial charge in [0.1, 0.15) is 11.9 Å². The first-order chi connectivity index (χ1) is 8.00. The number of fused-ring (bicyclic) bond motifs is 1. The first kappa shape index (κ1) is 12.0. The van der Waals surface area contributed by atoms with Gasteiger partial charge in [-0.1, -0.05) is 26.0 Å². The van der Waals surface area contributed by atoms with Crippen LogP contribution in [0.4, 0.5) is 5.69 Å². The van der Waals surface area contributed by atoms with Gasteiger partial charge >= 0.3 is 0 Å². The highest BCUT2D eigenvalue weighted by atomic mass is 16.5. The van der Waals surface area contributed by atoms with Crippen LogP contribution in [0.15, 0.2) is 18.2 Å². The summed E-state index contributed by atoms with van der Waals surface area (Å²) in [4.78, 5) is 13.6. The Kier molecular flexibility index (Phi) is 3.09. The van der Waals surface area contributed by atoms with Crippen molar-refractivity contribution in [1.82, 2.24) is 0 Å². The minimum atomic E-state index is -0.0638. The van der Waals surface area contributed by atoms with E-state index in [9.17, 15) is 4.79 Å². The van der Waals surface area contributed by atoms with Gasteiger partial charge in [-0.3, -0.25) is 4.79 Å². The Hall–Kier alpha value is -1.51. The third kappa shape index (κ3) is 2.14. The topological polar surface area (TPSA) is 29.5 Å². The molecule has 1 aliphatic heterocycles. The quantitative estimate of drug-likeness (QED) is 0.746. The highest BCUT2D eigenvalue weighted by molar-refractivity contribution is 5.95. The molecular weight excluding hydrogens is 214 g/mol. The van der Waals surface area contributed by atoms with Gasteiger partial charge in [-0.2, -0.15) is 0 Å². The van der Waals surface area contributed by atoms with Crippen LogP contribution in [0, 0.1) is 0 Å². The van der Waals surface area contributed by atoms with Crippen molar-refractivity contribution in [2.75, 3.05) is 11.9 Å². The van der Waals surface area contributed by atoms with Crippen molar-refractivity contribution in [3.8, 4) is 5.75 Å². The van der Waals surface area contributed by atoms with Crippen LogP contribution in [0.1, 0.15) is 38.7 Å². The number of benzene rings is 1. The lowest BCUT2D eigenvalue weighted by Crippen LogP contribution is -2.27. The second-order valence-corrected chi connectivity index (χ2v) is 4.94. The van der Waals surface area contributed by atoms with Gasteiger partial charge in [0.15, 0.2) is 0 Å². The summed E-state index contributed by atoms with van der Waals surface area (Å²) in [5.74, 6) is 1.36. The van der Waals surface area contributed by atoms with Crippen molar-refractivity contribution in [1.29, 1.82) is 0 Å². The Bertz CT molecular complexity index is 440. The minimum Gasteiger partial charge on any atom is -0.488 e. The zero-order chi connectivity index (χ0) is 12.6. The maximum atomic E-state index is 11.9. The van der Waals surface area contributed by atoms with E-state index in [2.05, 4.69) is 19.9 Å². The summed E-state index contributed by atoms with van der Waals surface area (Å²) in [5.41, 5.74) is 2.04. The number of carbonyl (C=O) groups is 1. The number of anilines is 1. The van der Waals surface area contributed by atoms with Crippen LogP contribution in [-0.4, -0.2) is 19.1 Å². The molecule has 2 rings (SSSR count). The van der Waals surface area contributed by atoms with E-state index >= 15 is 0 Å². The van der Waals surface area contributed by atoms with E-state index in [0.717, 1.165) is 17.0 Å². The lowest BCUT2D eigenvalue weighted by atomic mass is 10.0. The zero-order valence-corrected chi connectivity index (χ0v) is 10.9. The van der Waals surface area contributed by atoms with Crippen molar-refractivity contribution < 1.29 is 9.53 Å². The van der Waals surface area contributed by atoms with Crippen molar-refractivity contribution in [3.05, 3.63) is 23.8 Å². The molecule has 0 fully saturated rings. The smallest absolute Gasteiger partial charge is 0.230 e. The second-order valence-electron chi connectivity index (χ2n) is 4.94. The van der Waals surface area contributed by atoms with E-state index in [1.54, 1.807) is 4.90 Å². The van der Waals surface area contributed by atoms with Crippen LogP contribution in [-0.2, 0) is 4.79 Å². The van der Waals surface area contributed by atoms with Crippen LogP contribution < -0.4 is 9.64 Å². The summed E-state index contributed by atoms with van der Waals surface area (Å²) in [5, 5.41) is 0. The maximum absolute atomic E-state index is 11.9. The number of amides is 1. The number of hydrogen-bond donors (Lipinski definition) is 0. The molecule has 3 nitrogen and oxygen atoms in total. The fourth-order valence-electron chi connectivity index (χ4n) is 2.15. The molecular formula is C14H19NO2. The molecule has 1 aromatic rings. The van der Waals surface area contributed by atoms with E-state index in [1.807, 2.05) is 26.1 Å². The standard InChI is InChI=1S/C14H19NO2/c1-9(2)11-6-5-7-12-14(11)17-10(3)8-13(16)15(12)4/h5-7,9-10H,8H2,1-4H3. The van der Waals surface area contributed by atoms with Gasteiger partial charge in [0, 0.05) is 7.05 Å². The monoisotopic (exact) mass is 233 g/mol. The van der Waals surface area contributed by atoms with Crippen molar-refractivity contribution in [3.63, 3.8) is 0 Å². The number of ether oxygens (including phenoxy) is 1. The highest BCUT2D eigenvalue weighted by Gasteiger charge is 2.26. The van der Waals surface area contributed by atoms with Crippen molar-refractivity contribution in [2.45, 2.75) is 39.2 Å². The molecule has 0 spiro atoms. The van der Waals surface area contributed by atoms with E-state index in [-0.39, 0.29) is 12.0 Å². The SMILES string of the molecule is CC1CC(=O)N(C)c2cccc(C(C)C)c2O1. The summed E-state index contributed by atoms with van der Waals surface area (Å²) in [6, 6.07) is 5.99. The molecule has 92 valence electrons. The van der Waals surface area contributed by atoms with Crippen LogP contribution in [0.5, 0.6) is 5.75 Å². The van der Waals surface area contributed by atoms with Gasteiger partial charge in [0.05, 0.1) is 12.1 Å². The maximum Gasteiger partial charge on any atom is 0.230 e. The number of nitrogens with zero attached hydrogens (tertiary/aromatic N) is 1. The summed E-state index contributed by atoms with van der Waals surface area (Å²) in [7, 11) is 1.81. The van der Waals surface area contributed by atoms with Crippen LogP contribution >= 0.6 is 0 Å². The first-order valence-corrected chi connectivity index (χ1v) is 6.06. The zero-order valence-electron chi connectivity index (χ0n) is 10.9. The normalized spacial score (nSPS) is 19.9. The van der Waals surface area contributed by atoms with Gasteiger partial charge in [0.2, 0.25) is 5.91 Å². The average molecular weight is 233 g/mol. The third-order valence-corrected chi connectivity index (χ3v) is 3.16. The summed E-state index contributed by atoms with van der Waals surface area (Å²) in [6.45, 7) is 6.21. The van der Waals surface area contributed by atoms with E-state index in [0.29, 0.717) is 12.3 Å². The number of carbonyl (C=O) groups excluding carboxylic acids is 1. The first-order valence-electron chi connectivity index (χ1n) is 6.06. The fourth-order valence-corrected chi connectivity index (χ4v) is 2.15. The fraction of sp³-hybridized carbons (Fsp3) is 0.500. The lowest BCUT2D eigenvalue weighted by Gasteiger charge is -2.20. The molecule has 1 atom stereocenters. The Morgan fingerprint density at radius 1 is 1.41 bits per heavy atom. The molecule has 1 aromatic carbocycles. The Morgan fingerprint density at radius 3 is 2.76 bits per heavy atom. The molecule has 1 heterocycles. The van der Waals surface area contributed by atoms with Crippen molar-refractivity contribution >= 4 is 11.6 Å². The van der Waals surface area contributed by atoms with Crippen LogP contribution in [0.25, 0.3) is 0 Å². The van der Waals surface area contributed by atoms with Gasteiger partial charge in [-0.25, -0.2) is 0 Å². The number of hydrogen-bond acceptors (Lipinski definition) is 2. The average Bonchev–Trinajstić information content (AvgIpc) is 2.37. The Labute approximate surface area is 102 Å². The predicted molar refractivity (Wildman–Crippen MR) is 68.6 cm³/mol. The second kappa shape index (κ2) is 4.40. The predicted octanol–water partition coefficient (Wildman–Crippen LogP) is 2.94. The number of para-hydroxylation sites is 1. The Balaban J connectivity index is 2.56. The molecule has 0 N–H and O–H groups in total.